The minimum Gasteiger partial charge on any atom is -0.378 e. The van der Waals surface area contributed by atoms with Crippen molar-refractivity contribution in [3.63, 3.8) is 0 Å². The third-order valence-corrected chi connectivity index (χ3v) is 1.93. The van der Waals surface area contributed by atoms with Crippen LogP contribution >= 0.6 is 0 Å². The van der Waals surface area contributed by atoms with Gasteiger partial charge in [-0.05, 0) is 11.7 Å². The van der Waals surface area contributed by atoms with Gasteiger partial charge >= 0.3 is 0 Å². The van der Waals surface area contributed by atoms with Crippen molar-refractivity contribution in [2.75, 3.05) is 35.0 Å². The Hall–Kier alpha value is -0.160. The summed E-state index contributed by atoms with van der Waals surface area (Å²) in [6.45, 7) is 2.61. The molecule has 11 heavy (non-hydrogen) atoms. The fourth-order valence-electron chi connectivity index (χ4n) is 0.811. The number of nitrogens with zero attached hydrogens (tertiary/aromatic N) is 1. The van der Waals surface area contributed by atoms with Gasteiger partial charge in [0.1, 0.15) is 13.7 Å². The number of hydrogen-bond acceptors (Lipinski definition) is 3. The van der Waals surface area contributed by atoms with Gasteiger partial charge in [-0.2, -0.15) is 9.68 Å². The number of likely N-dealkylation sites (N-methyl/N-ethyl adjacent to an activating group) is 1. The van der Waals surface area contributed by atoms with Crippen LogP contribution in [0.25, 0.3) is 0 Å². The molecule has 0 aromatic carbocycles. The first-order chi connectivity index (χ1) is 5.10. The molecule has 0 saturated carbocycles. The quantitative estimate of drug-likeness (QED) is 0.439. The van der Waals surface area contributed by atoms with Crippen molar-refractivity contribution in [2.45, 2.75) is 13.0 Å². The van der Waals surface area contributed by atoms with Crippen molar-refractivity contribution in [1.29, 1.82) is 0 Å². The molecule has 1 atom stereocenters. The Balaban J connectivity index is 4.00. The lowest BCUT2D eigenvalue weighted by Crippen LogP contribution is -2.50. The topological polar surface area (TPSA) is 27.7 Å². The number of ether oxygens (including phenoxy) is 1. The molecule has 0 N–H and O–H groups in total. The first-order valence-corrected chi connectivity index (χ1v) is 3.57. The molecule has 0 bridgehead atoms. The van der Waals surface area contributed by atoms with Gasteiger partial charge in [0.25, 0.3) is 0 Å². The van der Waals surface area contributed by atoms with Crippen LogP contribution in [0, 0.1) is 0 Å². The Morgan fingerprint density at radius 3 is 1.91 bits per heavy atom. The average molecular weight is 164 g/mol. The van der Waals surface area contributed by atoms with Crippen molar-refractivity contribution >= 4 is 0 Å². The van der Waals surface area contributed by atoms with Gasteiger partial charge in [0.05, 0.1) is 14.2 Å². The van der Waals surface area contributed by atoms with Crippen LogP contribution < -0.4 is 0 Å². The first kappa shape index (κ1) is 10.8. The molecular formula is C7H18NO3+. The minimum absolute atomic E-state index is 0.105. The van der Waals surface area contributed by atoms with Crippen LogP contribution in [0.5, 0.6) is 0 Å². The Morgan fingerprint density at radius 2 is 1.64 bits per heavy atom. The Morgan fingerprint density at radius 1 is 1.18 bits per heavy atom. The molecule has 0 aromatic heterocycles. The zero-order valence-corrected chi connectivity index (χ0v) is 7.96. The van der Waals surface area contributed by atoms with Gasteiger partial charge in [0, 0.05) is 7.11 Å². The van der Waals surface area contributed by atoms with Crippen molar-refractivity contribution in [2.24, 2.45) is 0 Å². The van der Waals surface area contributed by atoms with Gasteiger partial charge in [0.15, 0.2) is 6.04 Å². The summed E-state index contributed by atoms with van der Waals surface area (Å²) in [5.41, 5.74) is 0. The van der Waals surface area contributed by atoms with E-state index in [2.05, 4.69) is 0 Å². The van der Waals surface area contributed by atoms with Crippen LogP contribution in [0.2, 0.25) is 0 Å². The summed E-state index contributed by atoms with van der Waals surface area (Å²) < 4.78 is 4.98. The van der Waals surface area contributed by atoms with E-state index in [1.54, 1.807) is 21.3 Å². The minimum atomic E-state index is 0.105. The van der Waals surface area contributed by atoms with Gasteiger partial charge in [-0.1, -0.05) is 0 Å². The monoisotopic (exact) mass is 164 g/mol. The second-order valence-corrected chi connectivity index (χ2v) is 2.58. The summed E-state index contributed by atoms with van der Waals surface area (Å²) in [5, 5.41) is 0. The fourth-order valence-corrected chi connectivity index (χ4v) is 0.811. The molecule has 0 aromatic rings. The second-order valence-electron chi connectivity index (χ2n) is 2.58. The van der Waals surface area contributed by atoms with E-state index in [1.165, 1.54) is 0 Å². The maximum Gasteiger partial charge on any atom is 0.172 e. The maximum absolute atomic E-state index is 5.14. The third kappa shape index (κ3) is 2.75. The summed E-state index contributed by atoms with van der Waals surface area (Å²) in [4.78, 5) is 10.4. The van der Waals surface area contributed by atoms with Gasteiger partial charge in [0.2, 0.25) is 0 Å². The van der Waals surface area contributed by atoms with Crippen LogP contribution in [0.1, 0.15) is 6.92 Å². The lowest BCUT2D eigenvalue weighted by Gasteiger charge is -2.30. The Labute approximate surface area is 68.1 Å². The average Bonchev–Trinajstić information content (AvgIpc) is 2.03. The summed E-state index contributed by atoms with van der Waals surface area (Å²) in [6, 6.07) is 0.162. The molecule has 68 valence electrons. The van der Waals surface area contributed by atoms with E-state index in [4.69, 9.17) is 14.4 Å². The summed E-state index contributed by atoms with van der Waals surface area (Å²) in [5.74, 6) is 0. The van der Waals surface area contributed by atoms with Crippen LogP contribution in [-0.4, -0.2) is 45.8 Å². The first-order valence-electron chi connectivity index (χ1n) is 3.57. The van der Waals surface area contributed by atoms with Crippen molar-refractivity contribution < 1.29 is 19.2 Å². The molecule has 0 aliphatic rings. The molecule has 4 heteroatoms. The fraction of sp³-hybridized carbons (Fsp3) is 1.00. The molecule has 0 amide bonds. The molecule has 0 aliphatic heterocycles. The van der Waals surface area contributed by atoms with Gasteiger partial charge in [-0.15, -0.1) is 0 Å². The molecule has 0 heterocycles. The number of hydrogen-bond donors (Lipinski definition) is 0. The Kier molecular flexibility index (Phi) is 4.60. The second kappa shape index (κ2) is 4.66. The highest BCUT2D eigenvalue weighted by atomic mass is 17.0. The predicted octanol–water partition coefficient (Wildman–Crippen LogP) is 0.591. The molecule has 0 radical (unpaired) electrons. The van der Waals surface area contributed by atoms with Crippen LogP contribution in [0.3, 0.4) is 0 Å². The number of quaternary nitrogens is 1. The summed E-state index contributed by atoms with van der Waals surface area (Å²) >= 11 is 0. The molecule has 0 spiro atoms. The molecule has 0 fully saturated rings. The standard InChI is InChI=1S/C7H18NO3/c1-7(6-9-3)8(2,10-4)11-5/h7H,6H2,1-5H3/q+1. The largest absolute Gasteiger partial charge is 0.378 e. The van der Waals surface area contributed by atoms with E-state index in [0.717, 1.165) is 0 Å². The van der Waals surface area contributed by atoms with E-state index < -0.39 is 0 Å². The van der Waals surface area contributed by atoms with E-state index in [0.29, 0.717) is 6.61 Å². The summed E-state index contributed by atoms with van der Waals surface area (Å²) in [6.07, 6.45) is 0. The Bertz CT molecular complexity index is 104. The van der Waals surface area contributed by atoms with Gasteiger partial charge in [-0.3, -0.25) is 0 Å². The third-order valence-electron chi connectivity index (χ3n) is 1.93. The zero-order chi connectivity index (χ0) is 8.91. The number of rotatable bonds is 5. The highest BCUT2D eigenvalue weighted by Gasteiger charge is 2.31. The van der Waals surface area contributed by atoms with Crippen molar-refractivity contribution in [1.82, 2.24) is 0 Å². The van der Waals surface area contributed by atoms with E-state index in [9.17, 15) is 0 Å². The van der Waals surface area contributed by atoms with Crippen LogP contribution in [0.4, 0.5) is 0 Å². The normalized spacial score (nSPS) is 15.0. The maximum atomic E-state index is 5.14. The highest BCUT2D eigenvalue weighted by Crippen LogP contribution is 2.10. The number of methoxy groups -OCH3 is 1. The molecule has 0 aliphatic carbocycles. The van der Waals surface area contributed by atoms with Gasteiger partial charge in [-0.25, -0.2) is 0 Å². The van der Waals surface area contributed by atoms with E-state index >= 15 is 0 Å². The molecular weight excluding hydrogens is 146 g/mol. The number of hydroxylamine groups is 4. The smallest absolute Gasteiger partial charge is 0.172 e. The highest BCUT2D eigenvalue weighted by molar-refractivity contribution is 4.40. The van der Waals surface area contributed by atoms with Gasteiger partial charge < -0.3 is 4.74 Å². The molecule has 1 unspecified atom stereocenters. The van der Waals surface area contributed by atoms with E-state index in [-0.39, 0.29) is 10.9 Å². The molecule has 4 nitrogen and oxygen atoms in total. The molecule has 0 saturated heterocycles. The lowest BCUT2D eigenvalue weighted by molar-refractivity contribution is -1.24. The zero-order valence-electron chi connectivity index (χ0n) is 7.96. The SMILES string of the molecule is COCC(C)[N+](C)(OC)OC. The predicted molar refractivity (Wildman–Crippen MR) is 41.5 cm³/mol. The van der Waals surface area contributed by atoms with Crippen LogP contribution in [0.15, 0.2) is 0 Å². The van der Waals surface area contributed by atoms with E-state index in [1.807, 2.05) is 14.0 Å². The van der Waals surface area contributed by atoms with Crippen LogP contribution in [-0.2, 0) is 14.4 Å². The van der Waals surface area contributed by atoms with Crippen molar-refractivity contribution in [3.05, 3.63) is 0 Å². The summed E-state index contributed by atoms with van der Waals surface area (Å²) in [7, 11) is 6.71. The van der Waals surface area contributed by atoms with Crippen molar-refractivity contribution in [3.8, 4) is 0 Å². The molecule has 0 rings (SSSR count). The lowest BCUT2D eigenvalue weighted by atomic mass is 10.4.